The Morgan fingerprint density at radius 3 is 2.71 bits per heavy atom. The number of aliphatic hydroxyl groups excluding tert-OH is 1. The maximum Gasteiger partial charge on any atom is 0.308 e. The van der Waals surface area contributed by atoms with Gasteiger partial charge in [-0.15, -0.1) is 0 Å². The molecular weight excluding hydrogens is 222 g/mol. The number of benzene rings is 1. The summed E-state index contributed by atoms with van der Waals surface area (Å²) < 4.78 is 4.92. The smallest absolute Gasteiger partial charge is 0.308 e. The summed E-state index contributed by atoms with van der Waals surface area (Å²) >= 11 is 0. The van der Waals surface area contributed by atoms with Crippen molar-refractivity contribution >= 4 is 11.9 Å². The maximum absolute atomic E-state index is 11.7. The van der Waals surface area contributed by atoms with Crippen molar-refractivity contribution in [1.29, 1.82) is 0 Å². The molecular formula is C12H15NO4. The van der Waals surface area contributed by atoms with Gasteiger partial charge < -0.3 is 15.2 Å². The van der Waals surface area contributed by atoms with E-state index in [4.69, 9.17) is 9.84 Å². The summed E-state index contributed by atoms with van der Waals surface area (Å²) in [6.45, 7) is 1.68. The SMILES string of the molecule is CC(=O)Oc1ccccc1C(=O)NCCCO. The second-order valence-corrected chi connectivity index (χ2v) is 3.42. The van der Waals surface area contributed by atoms with E-state index in [1.807, 2.05) is 0 Å². The number of aliphatic hydroxyl groups is 1. The van der Waals surface area contributed by atoms with Crippen LogP contribution in [0.4, 0.5) is 0 Å². The topological polar surface area (TPSA) is 75.6 Å². The zero-order chi connectivity index (χ0) is 12.7. The van der Waals surface area contributed by atoms with Crippen LogP contribution >= 0.6 is 0 Å². The molecule has 5 heteroatoms. The molecule has 0 heterocycles. The van der Waals surface area contributed by atoms with Crippen LogP contribution in [-0.4, -0.2) is 30.1 Å². The van der Waals surface area contributed by atoms with Gasteiger partial charge in [0.25, 0.3) is 5.91 Å². The highest BCUT2D eigenvalue weighted by Gasteiger charge is 2.12. The molecule has 0 saturated carbocycles. The number of ether oxygens (including phenoxy) is 1. The molecule has 92 valence electrons. The number of hydrogen-bond donors (Lipinski definition) is 2. The van der Waals surface area contributed by atoms with Gasteiger partial charge in [-0.3, -0.25) is 9.59 Å². The Balaban J connectivity index is 2.74. The molecule has 0 unspecified atom stereocenters. The Morgan fingerprint density at radius 1 is 1.35 bits per heavy atom. The zero-order valence-corrected chi connectivity index (χ0v) is 9.60. The summed E-state index contributed by atoms with van der Waals surface area (Å²) in [6.07, 6.45) is 0.488. The van der Waals surface area contributed by atoms with Crippen LogP contribution in [0.5, 0.6) is 5.75 Å². The van der Waals surface area contributed by atoms with E-state index in [-0.39, 0.29) is 18.3 Å². The predicted octanol–water partition coefficient (Wildman–Crippen LogP) is 0.724. The van der Waals surface area contributed by atoms with E-state index in [2.05, 4.69) is 5.32 Å². The first kappa shape index (κ1) is 13.2. The predicted molar refractivity (Wildman–Crippen MR) is 61.8 cm³/mol. The number of rotatable bonds is 5. The summed E-state index contributed by atoms with van der Waals surface area (Å²) in [5.41, 5.74) is 0.306. The van der Waals surface area contributed by atoms with E-state index >= 15 is 0 Å². The van der Waals surface area contributed by atoms with Crippen molar-refractivity contribution in [3.63, 3.8) is 0 Å². The minimum Gasteiger partial charge on any atom is -0.426 e. The summed E-state index contributed by atoms with van der Waals surface area (Å²) in [5.74, 6) is -0.558. The summed E-state index contributed by atoms with van der Waals surface area (Å²) in [4.78, 5) is 22.6. The molecule has 1 amide bonds. The number of esters is 1. The van der Waals surface area contributed by atoms with Crippen LogP contribution in [0.15, 0.2) is 24.3 Å². The Hall–Kier alpha value is -1.88. The average Bonchev–Trinajstić information content (AvgIpc) is 2.29. The average molecular weight is 237 g/mol. The molecule has 1 aromatic carbocycles. The maximum atomic E-state index is 11.7. The lowest BCUT2D eigenvalue weighted by atomic mass is 10.2. The second-order valence-electron chi connectivity index (χ2n) is 3.42. The van der Waals surface area contributed by atoms with Gasteiger partial charge in [-0.2, -0.15) is 0 Å². The molecule has 0 aliphatic rings. The number of hydrogen-bond acceptors (Lipinski definition) is 4. The molecule has 17 heavy (non-hydrogen) atoms. The van der Waals surface area contributed by atoms with Crippen molar-refractivity contribution in [3.05, 3.63) is 29.8 Å². The molecule has 1 rings (SSSR count). The molecule has 0 atom stereocenters. The molecule has 2 N–H and O–H groups in total. The van der Waals surface area contributed by atoms with Gasteiger partial charge in [0.05, 0.1) is 5.56 Å². The lowest BCUT2D eigenvalue weighted by Crippen LogP contribution is -2.25. The number of para-hydroxylation sites is 1. The Labute approximate surface area is 99.4 Å². The lowest BCUT2D eigenvalue weighted by molar-refractivity contribution is -0.131. The molecule has 1 aromatic rings. The Bertz CT molecular complexity index is 403. The van der Waals surface area contributed by atoms with Crippen molar-refractivity contribution in [3.8, 4) is 5.75 Å². The van der Waals surface area contributed by atoms with Gasteiger partial charge in [-0.1, -0.05) is 12.1 Å². The van der Waals surface area contributed by atoms with E-state index in [9.17, 15) is 9.59 Å². The monoisotopic (exact) mass is 237 g/mol. The van der Waals surface area contributed by atoms with E-state index < -0.39 is 5.97 Å². The van der Waals surface area contributed by atoms with Crippen LogP contribution in [0.3, 0.4) is 0 Å². The molecule has 0 aliphatic heterocycles. The zero-order valence-electron chi connectivity index (χ0n) is 9.60. The third kappa shape index (κ3) is 4.24. The van der Waals surface area contributed by atoms with E-state index in [1.54, 1.807) is 24.3 Å². The van der Waals surface area contributed by atoms with Gasteiger partial charge in [0.1, 0.15) is 5.75 Å². The molecule has 0 spiro atoms. The normalized spacial score (nSPS) is 9.76. The largest absolute Gasteiger partial charge is 0.426 e. The molecule has 0 saturated heterocycles. The number of nitrogens with one attached hydrogen (secondary N) is 1. The van der Waals surface area contributed by atoms with E-state index in [0.29, 0.717) is 18.5 Å². The van der Waals surface area contributed by atoms with Crippen molar-refractivity contribution in [2.24, 2.45) is 0 Å². The van der Waals surface area contributed by atoms with Crippen LogP contribution in [0.2, 0.25) is 0 Å². The molecule has 0 radical (unpaired) electrons. The van der Waals surface area contributed by atoms with Crippen molar-refractivity contribution in [1.82, 2.24) is 5.32 Å². The molecule has 0 bridgehead atoms. The van der Waals surface area contributed by atoms with Gasteiger partial charge in [-0.05, 0) is 18.6 Å². The van der Waals surface area contributed by atoms with Gasteiger partial charge in [0.2, 0.25) is 0 Å². The first-order chi connectivity index (χ1) is 8.15. The fourth-order valence-corrected chi connectivity index (χ4v) is 1.27. The third-order valence-corrected chi connectivity index (χ3v) is 2.01. The number of amides is 1. The lowest BCUT2D eigenvalue weighted by Gasteiger charge is -2.08. The van der Waals surface area contributed by atoms with Crippen molar-refractivity contribution in [2.45, 2.75) is 13.3 Å². The first-order valence-corrected chi connectivity index (χ1v) is 5.31. The quantitative estimate of drug-likeness (QED) is 0.449. The Morgan fingerprint density at radius 2 is 2.06 bits per heavy atom. The second kappa shape index (κ2) is 6.65. The molecule has 0 fully saturated rings. The van der Waals surface area contributed by atoms with E-state index in [1.165, 1.54) is 6.92 Å². The third-order valence-electron chi connectivity index (χ3n) is 2.01. The van der Waals surface area contributed by atoms with Crippen LogP contribution in [0.25, 0.3) is 0 Å². The minimum atomic E-state index is -0.472. The van der Waals surface area contributed by atoms with Crippen LogP contribution in [-0.2, 0) is 4.79 Å². The van der Waals surface area contributed by atoms with Crippen molar-refractivity contribution < 1.29 is 19.4 Å². The van der Waals surface area contributed by atoms with Crippen molar-refractivity contribution in [2.75, 3.05) is 13.2 Å². The standard InChI is InChI=1S/C12H15NO4/c1-9(15)17-11-6-3-2-5-10(11)12(16)13-7-4-8-14/h2-3,5-6,14H,4,7-8H2,1H3,(H,13,16). The van der Waals surface area contributed by atoms with Gasteiger partial charge in [0, 0.05) is 20.1 Å². The minimum absolute atomic E-state index is 0.0197. The number of carbonyl (C=O) groups excluding carboxylic acids is 2. The fraction of sp³-hybridized carbons (Fsp3) is 0.333. The van der Waals surface area contributed by atoms with E-state index in [0.717, 1.165) is 0 Å². The Kier molecular flexibility index (Phi) is 5.16. The fourth-order valence-electron chi connectivity index (χ4n) is 1.27. The number of carbonyl (C=O) groups is 2. The van der Waals surface area contributed by atoms with Gasteiger partial charge in [0.15, 0.2) is 0 Å². The summed E-state index contributed by atoms with van der Waals surface area (Å²) in [5, 5.41) is 11.2. The van der Waals surface area contributed by atoms with Gasteiger partial charge in [-0.25, -0.2) is 0 Å². The molecule has 5 nitrogen and oxygen atoms in total. The summed E-state index contributed by atoms with van der Waals surface area (Å²) in [7, 11) is 0. The highest BCUT2D eigenvalue weighted by Crippen LogP contribution is 2.17. The summed E-state index contributed by atoms with van der Waals surface area (Å²) in [6, 6.07) is 6.51. The first-order valence-electron chi connectivity index (χ1n) is 5.31. The van der Waals surface area contributed by atoms with Gasteiger partial charge >= 0.3 is 5.97 Å². The van der Waals surface area contributed by atoms with Crippen LogP contribution < -0.4 is 10.1 Å². The highest BCUT2D eigenvalue weighted by atomic mass is 16.5. The molecule has 0 aliphatic carbocycles. The van der Waals surface area contributed by atoms with Crippen LogP contribution in [0.1, 0.15) is 23.7 Å². The molecule has 0 aromatic heterocycles. The van der Waals surface area contributed by atoms with Crippen LogP contribution in [0, 0.1) is 0 Å². The highest BCUT2D eigenvalue weighted by molar-refractivity contribution is 5.97.